The zero-order chi connectivity index (χ0) is 31.0. The molecule has 10 heteroatoms. The van der Waals surface area contributed by atoms with Crippen molar-refractivity contribution in [2.75, 3.05) is 18.5 Å². The predicted octanol–water partition coefficient (Wildman–Crippen LogP) is 5.30. The molecule has 0 aliphatic heterocycles. The monoisotopic (exact) mass is 595 g/mol. The number of para-hydroxylation sites is 1. The fraction of sp³-hybridized carbons (Fsp3) is 0.344. The number of halogens is 1. The SMILES string of the molecule is Cc1ccccc1C(C(=O)Nc1c(C)cccc1Cl)N(CCO)C(=O)C(Cc1ccc(O)cc1)NC(=O)OC(C)(C)C. The molecule has 2 unspecified atom stereocenters. The van der Waals surface area contributed by atoms with Gasteiger partial charge in [-0.05, 0) is 75.1 Å². The van der Waals surface area contributed by atoms with E-state index in [4.69, 9.17) is 16.3 Å². The number of carbonyl (C=O) groups is 3. The average molecular weight is 596 g/mol. The van der Waals surface area contributed by atoms with Crippen LogP contribution in [0.25, 0.3) is 0 Å². The van der Waals surface area contributed by atoms with Crippen molar-refractivity contribution < 1.29 is 29.3 Å². The molecule has 3 rings (SSSR count). The Bertz CT molecular complexity index is 1380. The maximum Gasteiger partial charge on any atom is 0.408 e. The van der Waals surface area contributed by atoms with Crippen LogP contribution in [0.5, 0.6) is 5.75 Å². The van der Waals surface area contributed by atoms with Crippen molar-refractivity contribution in [2.45, 2.75) is 58.7 Å². The minimum Gasteiger partial charge on any atom is -0.508 e. The lowest BCUT2D eigenvalue weighted by atomic mass is 9.97. The van der Waals surface area contributed by atoms with Gasteiger partial charge in [0.1, 0.15) is 23.4 Å². The quantitative estimate of drug-likeness (QED) is 0.252. The number of nitrogens with zero attached hydrogens (tertiary/aromatic N) is 1. The number of aromatic hydroxyl groups is 1. The lowest BCUT2D eigenvalue weighted by Crippen LogP contribution is -2.54. The fourth-order valence-corrected chi connectivity index (χ4v) is 4.79. The molecule has 4 N–H and O–H groups in total. The molecular weight excluding hydrogens is 558 g/mol. The first-order chi connectivity index (χ1) is 19.8. The molecule has 0 aromatic heterocycles. The standard InChI is InChI=1S/C32H38ClN3O6/c1-20-9-6-7-11-24(20)28(29(39)35-27-21(2)10-8-12-25(27)33)36(17-18-37)30(40)26(34-31(41)42-32(3,4)5)19-22-13-15-23(38)16-14-22/h6-16,26,28,37-38H,17-19H2,1-5H3,(H,34,41)(H,35,39). The number of phenolic OH excluding ortho intramolecular Hbond substituents is 1. The largest absolute Gasteiger partial charge is 0.508 e. The number of amides is 3. The molecule has 0 saturated carbocycles. The lowest BCUT2D eigenvalue weighted by molar-refractivity contribution is -0.141. The van der Waals surface area contributed by atoms with Gasteiger partial charge in [0, 0.05) is 13.0 Å². The first-order valence-corrected chi connectivity index (χ1v) is 14.0. The topological polar surface area (TPSA) is 128 Å². The highest BCUT2D eigenvalue weighted by molar-refractivity contribution is 6.34. The van der Waals surface area contributed by atoms with E-state index < -0.39 is 42.2 Å². The summed E-state index contributed by atoms with van der Waals surface area (Å²) in [7, 11) is 0. The van der Waals surface area contributed by atoms with Crippen LogP contribution in [-0.2, 0) is 20.7 Å². The zero-order valence-electron chi connectivity index (χ0n) is 24.5. The van der Waals surface area contributed by atoms with Gasteiger partial charge in [0.05, 0.1) is 17.3 Å². The van der Waals surface area contributed by atoms with Gasteiger partial charge < -0.3 is 30.5 Å². The summed E-state index contributed by atoms with van der Waals surface area (Å²) >= 11 is 6.41. The third kappa shape index (κ3) is 8.71. The van der Waals surface area contributed by atoms with Crippen molar-refractivity contribution in [1.82, 2.24) is 10.2 Å². The van der Waals surface area contributed by atoms with Crippen molar-refractivity contribution in [3.05, 3.63) is 94.0 Å². The zero-order valence-corrected chi connectivity index (χ0v) is 25.2. The van der Waals surface area contributed by atoms with Crippen LogP contribution in [0, 0.1) is 13.8 Å². The van der Waals surface area contributed by atoms with Crippen LogP contribution in [0.2, 0.25) is 5.02 Å². The Morgan fingerprint density at radius 1 is 0.952 bits per heavy atom. The summed E-state index contributed by atoms with van der Waals surface area (Å²) in [6, 6.07) is 16.3. The highest BCUT2D eigenvalue weighted by Gasteiger charge is 2.37. The fourth-order valence-electron chi connectivity index (χ4n) is 4.52. The van der Waals surface area contributed by atoms with Crippen molar-refractivity contribution >= 4 is 35.2 Å². The Kier molecular flexibility index (Phi) is 11.0. The second kappa shape index (κ2) is 14.2. The van der Waals surface area contributed by atoms with E-state index in [-0.39, 0.29) is 18.7 Å². The van der Waals surface area contributed by atoms with E-state index in [0.717, 1.165) is 11.1 Å². The number of nitrogens with one attached hydrogen (secondary N) is 2. The Labute approximate surface area is 251 Å². The molecule has 3 amide bonds. The van der Waals surface area contributed by atoms with Crippen molar-refractivity contribution in [3.8, 4) is 5.75 Å². The van der Waals surface area contributed by atoms with Crippen molar-refractivity contribution in [1.29, 1.82) is 0 Å². The molecule has 42 heavy (non-hydrogen) atoms. The highest BCUT2D eigenvalue weighted by atomic mass is 35.5. The summed E-state index contributed by atoms with van der Waals surface area (Å²) in [5.74, 6) is -1.10. The van der Waals surface area contributed by atoms with Gasteiger partial charge in [-0.2, -0.15) is 0 Å². The first kappa shape index (κ1) is 32.4. The molecule has 0 spiro atoms. The maximum absolute atomic E-state index is 14.3. The van der Waals surface area contributed by atoms with E-state index in [1.54, 1.807) is 70.2 Å². The van der Waals surface area contributed by atoms with Gasteiger partial charge in [0.15, 0.2) is 0 Å². The summed E-state index contributed by atoms with van der Waals surface area (Å²) < 4.78 is 5.43. The molecule has 224 valence electrons. The summed E-state index contributed by atoms with van der Waals surface area (Å²) in [4.78, 5) is 42.5. The average Bonchev–Trinajstić information content (AvgIpc) is 2.91. The van der Waals surface area contributed by atoms with Gasteiger partial charge in [-0.1, -0.05) is 60.1 Å². The minimum atomic E-state index is -1.18. The maximum atomic E-state index is 14.3. The van der Waals surface area contributed by atoms with Gasteiger partial charge in [-0.15, -0.1) is 0 Å². The van der Waals surface area contributed by atoms with E-state index in [2.05, 4.69) is 10.6 Å². The number of alkyl carbamates (subject to hydrolysis) is 1. The van der Waals surface area contributed by atoms with Gasteiger partial charge in [-0.3, -0.25) is 9.59 Å². The molecule has 0 heterocycles. The molecular formula is C32H38ClN3O6. The van der Waals surface area contributed by atoms with E-state index in [1.807, 2.05) is 19.1 Å². The smallest absolute Gasteiger partial charge is 0.408 e. The minimum absolute atomic E-state index is 0.0337. The van der Waals surface area contributed by atoms with Gasteiger partial charge in [0.2, 0.25) is 5.91 Å². The van der Waals surface area contributed by atoms with Crippen LogP contribution < -0.4 is 10.6 Å². The lowest BCUT2D eigenvalue weighted by Gasteiger charge is -2.35. The number of hydrogen-bond acceptors (Lipinski definition) is 6. The molecule has 0 saturated heterocycles. The summed E-state index contributed by atoms with van der Waals surface area (Å²) in [5, 5.41) is 25.7. The van der Waals surface area contributed by atoms with Crippen molar-refractivity contribution in [3.63, 3.8) is 0 Å². The number of aliphatic hydroxyl groups is 1. The number of phenols is 1. The van der Waals surface area contributed by atoms with Crippen LogP contribution in [0.1, 0.15) is 49.1 Å². The number of carbonyl (C=O) groups excluding carboxylic acids is 3. The number of anilines is 1. The molecule has 3 aromatic rings. The summed E-state index contributed by atoms with van der Waals surface area (Å²) in [6.07, 6.45) is -0.779. The number of aliphatic hydroxyl groups excluding tert-OH is 1. The van der Waals surface area contributed by atoms with Gasteiger partial charge in [-0.25, -0.2) is 4.79 Å². The van der Waals surface area contributed by atoms with Crippen LogP contribution in [0.3, 0.4) is 0 Å². The molecule has 2 atom stereocenters. The van der Waals surface area contributed by atoms with Crippen LogP contribution >= 0.6 is 11.6 Å². The number of benzene rings is 3. The Morgan fingerprint density at radius 3 is 2.19 bits per heavy atom. The molecule has 0 radical (unpaired) electrons. The van der Waals surface area contributed by atoms with Gasteiger partial charge >= 0.3 is 6.09 Å². The normalized spacial score (nSPS) is 12.6. The highest BCUT2D eigenvalue weighted by Crippen LogP contribution is 2.30. The number of ether oxygens (including phenoxy) is 1. The van der Waals surface area contributed by atoms with Crippen LogP contribution in [0.4, 0.5) is 10.5 Å². The van der Waals surface area contributed by atoms with E-state index >= 15 is 0 Å². The third-order valence-corrected chi connectivity index (χ3v) is 6.82. The number of rotatable bonds is 10. The molecule has 9 nitrogen and oxygen atoms in total. The Morgan fingerprint density at radius 2 is 1.60 bits per heavy atom. The van der Waals surface area contributed by atoms with E-state index in [0.29, 0.717) is 21.8 Å². The van der Waals surface area contributed by atoms with Gasteiger partial charge in [0.25, 0.3) is 5.91 Å². The molecule has 0 aliphatic rings. The second-order valence-corrected chi connectivity index (χ2v) is 11.4. The Hall–Kier alpha value is -4.08. The summed E-state index contributed by atoms with van der Waals surface area (Å²) in [6.45, 7) is 8.11. The number of aryl methyl sites for hydroxylation is 2. The Balaban J connectivity index is 2.08. The summed E-state index contributed by atoms with van der Waals surface area (Å²) in [5.41, 5.74) is 2.26. The predicted molar refractivity (Wildman–Crippen MR) is 163 cm³/mol. The molecule has 0 fully saturated rings. The van der Waals surface area contributed by atoms with Crippen LogP contribution in [-0.4, -0.2) is 57.8 Å². The second-order valence-electron chi connectivity index (χ2n) is 11.0. The van der Waals surface area contributed by atoms with Crippen LogP contribution in [0.15, 0.2) is 66.7 Å². The van der Waals surface area contributed by atoms with Crippen molar-refractivity contribution in [2.24, 2.45) is 0 Å². The van der Waals surface area contributed by atoms with E-state index in [9.17, 15) is 24.6 Å². The molecule has 0 bridgehead atoms. The molecule has 3 aromatic carbocycles. The third-order valence-electron chi connectivity index (χ3n) is 6.50. The molecule has 0 aliphatic carbocycles. The first-order valence-electron chi connectivity index (χ1n) is 13.6. The number of hydrogen-bond donors (Lipinski definition) is 4. The van der Waals surface area contributed by atoms with E-state index in [1.165, 1.54) is 17.0 Å².